The molecule has 112 valence electrons. The fraction of sp³-hybridized carbons (Fsp3) is 0.368. The van der Waals surface area contributed by atoms with Gasteiger partial charge in [-0.2, -0.15) is 0 Å². The van der Waals surface area contributed by atoms with E-state index in [1.165, 1.54) is 5.56 Å². The van der Waals surface area contributed by atoms with Crippen molar-refractivity contribution in [3.8, 4) is 11.5 Å². The Morgan fingerprint density at radius 3 is 2.19 bits per heavy atom. The van der Waals surface area contributed by atoms with Crippen molar-refractivity contribution < 1.29 is 9.84 Å². The van der Waals surface area contributed by atoms with Gasteiger partial charge in [-0.3, -0.25) is 0 Å². The summed E-state index contributed by atoms with van der Waals surface area (Å²) in [6.45, 7) is 8.53. The van der Waals surface area contributed by atoms with Gasteiger partial charge in [0.2, 0.25) is 0 Å². The summed E-state index contributed by atoms with van der Waals surface area (Å²) < 4.78 is 5.94. The topological polar surface area (TPSA) is 29.5 Å². The van der Waals surface area contributed by atoms with Crippen LogP contribution in [-0.2, 0) is 5.41 Å². The van der Waals surface area contributed by atoms with Gasteiger partial charge >= 0.3 is 0 Å². The molecule has 0 fully saturated rings. The molecule has 0 amide bonds. The van der Waals surface area contributed by atoms with Crippen molar-refractivity contribution >= 4 is 0 Å². The molecule has 0 radical (unpaired) electrons. The van der Waals surface area contributed by atoms with Crippen LogP contribution in [0.15, 0.2) is 48.5 Å². The molecule has 0 aliphatic heterocycles. The number of hydrogen-bond donors (Lipinski definition) is 1. The smallest absolute Gasteiger partial charge is 0.133 e. The molecular formula is C19H24O2. The van der Waals surface area contributed by atoms with Crippen LogP contribution < -0.4 is 4.74 Å². The number of benzene rings is 2. The fourth-order valence-corrected chi connectivity index (χ4v) is 2.22. The third-order valence-electron chi connectivity index (χ3n) is 3.61. The van der Waals surface area contributed by atoms with Crippen molar-refractivity contribution in [3.63, 3.8) is 0 Å². The zero-order valence-electron chi connectivity index (χ0n) is 13.3. The second kappa shape index (κ2) is 6.31. The lowest BCUT2D eigenvalue weighted by Gasteiger charge is -2.19. The standard InChI is InChI=1S/C19H24O2/c1-5-17(20)16-8-6-7-9-18(16)21-15-12-10-14(11-13-15)19(2,3)4/h6-13,17,20H,5H2,1-4H3. The number of ether oxygens (including phenoxy) is 1. The van der Waals surface area contributed by atoms with Crippen LogP contribution in [0.25, 0.3) is 0 Å². The van der Waals surface area contributed by atoms with E-state index >= 15 is 0 Å². The van der Waals surface area contributed by atoms with Gasteiger partial charge in [-0.25, -0.2) is 0 Å². The highest BCUT2D eigenvalue weighted by Gasteiger charge is 2.14. The minimum absolute atomic E-state index is 0.134. The van der Waals surface area contributed by atoms with Gasteiger partial charge in [0, 0.05) is 5.56 Å². The maximum atomic E-state index is 10.1. The molecule has 0 saturated carbocycles. The van der Waals surface area contributed by atoms with Gasteiger partial charge in [0.1, 0.15) is 11.5 Å². The molecule has 0 aromatic heterocycles. The van der Waals surface area contributed by atoms with E-state index in [0.717, 1.165) is 17.1 Å². The highest BCUT2D eigenvalue weighted by molar-refractivity contribution is 5.40. The van der Waals surface area contributed by atoms with E-state index in [1.54, 1.807) is 0 Å². The molecule has 0 spiro atoms. The quantitative estimate of drug-likeness (QED) is 0.834. The molecule has 0 bridgehead atoms. The third kappa shape index (κ3) is 3.85. The number of hydrogen-bond acceptors (Lipinski definition) is 2. The molecule has 0 saturated heterocycles. The molecular weight excluding hydrogens is 260 g/mol. The molecule has 1 N–H and O–H groups in total. The molecule has 21 heavy (non-hydrogen) atoms. The lowest BCUT2D eigenvalue weighted by atomic mass is 9.87. The first-order chi connectivity index (χ1) is 9.91. The van der Waals surface area contributed by atoms with Crippen LogP contribution >= 0.6 is 0 Å². The highest BCUT2D eigenvalue weighted by Crippen LogP contribution is 2.32. The Bertz CT molecular complexity index is 579. The Balaban J connectivity index is 2.23. The number of aliphatic hydroxyl groups excluding tert-OH is 1. The Morgan fingerprint density at radius 1 is 1.00 bits per heavy atom. The Hall–Kier alpha value is -1.80. The van der Waals surface area contributed by atoms with Crippen molar-refractivity contribution in [2.75, 3.05) is 0 Å². The minimum atomic E-state index is -0.491. The maximum absolute atomic E-state index is 10.1. The van der Waals surface area contributed by atoms with Crippen molar-refractivity contribution in [3.05, 3.63) is 59.7 Å². The van der Waals surface area contributed by atoms with Gasteiger partial charge in [0.15, 0.2) is 0 Å². The summed E-state index contributed by atoms with van der Waals surface area (Å²) in [4.78, 5) is 0. The SMILES string of the molecule is CCC(O)c1ccccc1Oc1ccc(C(C)(C)C)cc1. The van der Waals surface area contributed by atoms with Crippen LogP contribution in [0.3, 0.4) is 0 Å². The largest absolute Gasteiger partial charge is 0.457 e. The first-order valence-electron chi connectivity index (χ1n) is 7.47. The molecule has 1 atom stereocenters. The molecule has 0 heterocycles. The minimum Gasteiger partial charge on any atom is -0.457 e. The summed E-state index contributed by atoms with van der Waals surface area (Å²) in [5, 5.41) is 10.1. The summed E-state index contributed by atoms with van der Waals surface area (Å²) in [5.41, 5.74) is 2.24. The summed E-state index contributed by atoms with van der Waals surface area (Å²) in [6, 6.07) is 15.8. The van der Waals surface area contributed by atoms with Gasteiger partial charge in [-0.05, 0) is 35.6 Å². The Labute approximate surface area is 127 Å². The Kier molecular flexibility index (Phi) is 4.69. The number of para-hydroxylation sites is 1. The Morgan fingerprint density at radius 2 is 1.62 bits per heavy atom. The van der Waals surface area contributed by atoms with Gasteiger partial charge in [-0.15, -0.1) is 0 Å². The van der Waals surface area contributed by atoms with Crippen molar-refractivity contribution in [2.45, 2.75) is 45.6 Å². The van der Waals surface area contributed by atoms with E-state index < -0.39 is 6.10 Å². The van der Waals surface area contributed by atoms with E-state index in [4.69, 9.17) is 4.74 Å². The van der Waals surface area contributed by atoms with E-state index in [-0.39, 0.29) is 5.41 Å². The van der Waals surface area contributed by atoms with Crippen LogP contribution in [0.5, 0.6) is 11.5 Å². The molecule has 2 rings (SSSR count). The van der Waals surface area contributed by atoms with Gasteiger partial charge in [0.25, 0.3) is 0 Å². The average molecular weight is 284 g/mol. The van der Waals surface area contributed by atoms with E-state index in [1.807, 2.05) is 43.3 Å². The number of rotatable bonds is 4. The monoisotopic (exact) mass is 284 g/mol. The highest BCUT2D eigenvalue weighted by atomic mass is 16.5. The van der Waals surface area contributed by atoms with Gasteiger partial charge in [0.05, 0.1) is 6.10 Å². The molecule has 2 heteroatoms. The second-order valence-electron chi connectivity index (χ2n) is 6.34. The molecule has 2 nitrogen and oxygen atoms in total. The van der Waals surface area contributed by atoms with E-state index in [0.29, 0.717) is 6.42 Å². The van der Waals surface area contributed by atoms with Gasteiger partial charge in [-0.1, -0.05) is 58.0 Å². The van der Waals surface area contributed by atoms with Crippen molar-refractivity contribution in [1.29, 1.82) is 0 Å². The maximum Gasteiger partial charge on any atom is 0.133 e. The van der Waals surface area contributed by atoms with Crippen molar-refractivity contribution in [1.82, 2.24) is 0 Å². The summed E-state index contributed by atoms with van der Waals surface area (Å²) in [7, 11) is 0. The first kappa shape index (κ1) is 15.6. The normalized spacial score (nSPS) is 13.0. The average Bonchev–Trinajstić information content (AvgIpc) is 2.46. The zero-order valence-corrected chi connectivity index (χ0v) is 13.3. The number of aliphatic hydroxyl groups is 1. The first-order valence-corrected chi connectivity index (χ1v) is 7.47. The van der Waals surface area contributed by atoms with E-state index in [9.17, 15) is 5.11 Å². The van der Waals surface area contributed by atoms with E-state index in [2.05, 4.69) is 32.9 Å². The van der Waals surface area contributed by atoms with Crippen LogP contribution in [0.2, 0.25) is 0 Å². The lowest BCUT2D eigenvalue weighted by Crippen LogP contribution is -2.10. The van der Waals surface area contributed by atoms with Crippen LogP contribution in [0, 0.1) is 0 Å². The molecule has 2 aromatic rings. The zero-order chi connectivity index (χ0) is 15.5. The predicted molar refractivity (Wildman–Crippen MR) is 86.9 cm³/mol. The molecule has 0 aliphatic rings. The molecule has 0 aliphatic carbocycles. The van der Waals surface area contributed by atoms with Crippen LogP contribution in [0.4, 0.5) is 0 Å². The molecule has 1 unspecified atom stereocenters. The molecule has 2 aromatic carbocycles. The lowest BCUT2D eigenvalue weighted by molar-refractivity contribution is 0.170. The van der Waals surface area contributed by atoms with Crippen LogP contribution in [-0.4, -0.2) is 5.11 Å². The van der Waals surface area contributed by atoms with Gasteiger partial charge < -0.3 is 9.84 Å². The predicted octanol–water partition coefficient (Wildman–Crippen LogP) is 5.22. The third-order valence-corrected chi connectivity index (χ3v) is 3.61. The summed E-state index contributed by atoms with van der Waals surface area (Å²) in [5.74, 6) is 1.51. The van der Waals surface area contributed by atoms with Crippen LogP contribution in [0.1, 0.15) is 51.3 Å². The summed E-state index contributed by atoms with van der Waals surface area (Å²) in [6.07, 6.45) is 0.179. The second-order valence-corrected chi connectivity index (χ2v) is 6.34. The van der Waals surface area contributed by atoms with Crippen molar-refractivity contribution in [2.24, 2.45) is 0 Å². The fourth-order valence-electron chi connectivity index (χ4n) is 2.22. The summed E-state index contributed by atoms with van der Waals surface area (Å²) >= 11 is 0.